The fourth-order valence-corrected chi connectivity index (χ4v) is 2.72. The molecule has 2 aromatic rings. The van der Waals surface area contributed by atoms with Crippen LogP contribution >= 0.6 is 0 Å². The van der Waals surface area contributed by atoms with Crippen molar-refractivity contribution in [1.82, 2.24) is 15.7 Å². The number of hydrogen-bond acceptors (Lipinski definition) is 6. The minimum atomic E-state index is -1.94. The first kappa shape index (κ1) is 23.7. The molecule has 2 rings (SSSR count). The van der Waals surface area contributed by atoms with Gasteiger partial charge in [0.15, 0.2) is 5.54 Å². The Morgan fingerprint density at radius 2 is 1.81 bits per heavy atom. The molecule has 1 heterocycles. The summed E-state index contributed by atoms with van der Waals surface area (Å²) < 4.78 is 10.6. The van der Waals surface area contributed by atoms with Gasteiger partial charge in [-0.3, -0.25) is 19.6 Å². The highest BCUT2D eigenvalue weighted by Crippen LogP contribution is 2.18. The van der Waals surface area contributed by atoms with E-state index in [1.165, 1.54) is 26.5 Å². The minimum absolute atomic E-state index is 0.247. The van der Waals surface area contributed by atoms with Crippen molar-refractivity contribution in [3.05, 3.63) is 59.0 Å². The highest BCUT2D eigenvalue weighted by Gasteiger charge is 2.47. The highest BCUT2D eigenvalue weighted by atomic mass is 16.5. The van der Waals surface area contributed by atoms with Crippen LogP contribution in [0.1, 0.15) is 41.1 Å². The second-order valence-corrected chi connectivity index (χ2v) is 6.72. The molecular weight excluding hydrogens is 402 g/mol. The molecule has 164 valence electrons. The smallest absolute Gasteiger partial charge is 0.278 e. The Morgan fingerprint density at radius 3 is 2.39 bits per heavy atom. The van der Waals surface area contributed by atoms with Crippen LogP contribution in [0.3, 0.4) is 0 Å². The largest absolute Gasteiger partial charge is 0.466 e. The number of ether oxygens (including phenoxy) is 1. The monoisotopic (exact) mass is 427 g/mol. The maximum absolute atomic E-state index is 12.8. The van der Waals surface area contributed by atoms with Crippen molar-refractivity contribution in [3.63, 3.8) is 0 Å². The molecule has 1 unspecified atom stereocenters. The molecule has 9 heteroatoms. The van der Waals surface area contributed by atoms with E-state index >= 15 is 0 Å². The molecular formula is C22H25N3O6. The van der Waals surface area contributed by atoms with Gasteiger partial charge >= 0.3 is 0 Å². The summed E-state index contributed by atoms with van der Waals surface area (Å²) >= 11 is 0. The summed E-state index contributed by atoms with van der Waals surface area (Å²) in [4.78, 5) is 38.1. The molecule has 1 aromatic carbocycles. The molecule has 0 radical (unpaired) electrons. The normalized spacial score (nSPS) is 12.2. The van der Waals surface area contributed by atoms with Crippen LogP contribution in [-0.4, -0.2) is 54.1 Å². The number of hydrogen-bond donors (Lipinski definition) is 3. The molecule has 0 saturated heterocycles. The van der Waals surface area contributed by atoms with Crippen LogP contribution in [-0.2, 0) is 20.9 Å². The van der Waals surface area contributed by atoms with Gasteiger partial charge in [0.1, 0.15) is 18.6 Å². The summed E-state index contributed by atoms with van der Waals surface area (Å²) in [5.74, 6) is 4.26. The lowest BCUT2D eigenvalue weighted by atomic mass is 9.96. The van der Waals surface area contributed by atoms with E-state index in [1.54, 1.807) is 36.6 Å². The van der Waals surface area contributed by atoms with Crippen molar-refractivity contribution in [1.29, 1.82) is 0 Å². The zero-order valence-electron chi connectivity index (χ0n) is 17.8. The van der Waals surface area contributed by atoms with Crippen molar-refractivity contribution in [3.8, 4) is 11.8 Å². The van der Waals surface area contributed by atoms with Crippen LogP contribution in [0.15, 0.2) is 41.0 Å². The second-order valence-electron chi connectivity index (χ2n) is 6.72. The lowest BCUT2D eigenvalue weighted by Crippen LogP contribution is -2.64. The van der Waals surface area contributed by atoms with Crippen LogP contribution in [0.2, 0.25) is 0 Å². The fourth-order valence-electron chi connectivity index (χ4n) is 2.72. The second kappa shape index (κ2) is 10.4. The molecule has 0 aliphatic carbocycles. The number of benzene rings is 1. The van der Waals surface area contributed by atoms with Crippen molar-refractivity contribution in [2.24, 2.45) is 0 Å². The molecule has 3 N–H and O–H groups in total. The van der Waals surface area contributed by atoms with Crippen LogP contribution in [0.25, 0.3) is 0 Å². The summed E-state index contributed by atoms with van der Waals surface area (Å²) in [6.07, 6.45) is 1.54. The van der Waals surface area contributed by atoms with Crippen LogP contribution in [0.5, 0.6) is 0 Å². The number of nitrogens with zero attached hydrogens (tertiary/aromatic N) is 1. The molecule has 1 atom stereocenters. The number of carbonyl (C=O) groups excluding carboxylic acids is 3. The number of hydroxylamine groups is 1. The molecule has 0 aliphatic heterocycles. The van der Waals surface area contributed by atoms with Crippen LogP contribution in [0, 0.1) is 11.8 Å². The van der Waals surface area contributed by atoms with E-state index in [0.29, 0.717) is 30.1 Å². The summed E-state index contributed by atoms with van der Waals surface area (Å²) in [5, 5.41) is 11.3. The van der Waals surface area contributed by atoms with Gasteiger partial charge in [0, 0.05) is 31.8 Å². The first-order valence-electron chi connectivity index (χ1n) is 9.50. The quantitative estimate of drug-likeness (QED) is 0.265. The highest BCUT2D eigenvalue weighted by molar-refractivity contribution is 6.12. The van der Waals surface area contributed by atoms with Gasteiger partial charge in [-0.25, -0.2) is 5.48 Å². The van der Waals surface area contributed by atoms with Gasteiger partial charge < -0.3 is 19.4 Å². The van der Waals surface area contributed by atoms with Gasteiger partial charge in [0.25, 0.3) is 17.7 Å². The third-order valence-electron chi connectivity index (χ3n) is 4.77. The molecule has 0 saturated carbocycles. The van der Waals surface area contributed by atoms with E-state index in [0.717, 1.165) is 4.90 Å². The Morgan fingerprint density at radius 1 is 1.16 bits per heavy atom. The molecule has 0 aliphatic rings. The van der Waals surface area contributed by atoms with E-state index in [1.807, 2.05) is 6.92 Å². The molecule has 1 aromatic heterocycles. The van der Waals surface area contributed by atoms with Gasteiger partial charge in [0.05, 0.1) is 5.56 Å². The van der Waals surface area contributed by atoms with E-state index in [4.69, 9.17) is 14.4 Å². The van der Waals surface area contributed by atoms with Crippen molar-refractivity contribution in [2.45, 2.75) is 26.0 Å². The standard InChI is InChI=1S/C22H25N3O6/c1-5-30-14-18-12-16(13-31-18)7-6-15-8-10-17(11-9-15)19(26)25(4)22(2,20(27)23-3)21(28)24-29/h8-13,29H,5,14H2,1-4H3,(H,23,27)(H,24,28). The first-order valence-corrected chi connectivity index (χ1v) is 9.50. The zero-order chi connectivity index (χ0) is 23.0. The SMILES string of the molecule is CCOCc1cc(C#Cc2ccc(C(=O)N(C)C(C)(C(=O)NC)C(=O)NO)cc2)co1. The first-order chi connectivity index (χ1) is 14.8. The molecule has 0 bridgehead atoms. The topological polar surface area (TPSA) is 121 Å². The third kappa shape index (κ3) is 5.31. The minimum Gasteiger partial charge on any atom is -0.466 e. The van der Waals surface area contributed by atoms with E-state index in [2.05, 4.69) is 17.2 Å². The van der Waals surface area contributed by atoms with Gasteiger partial charge in [-0.05, 0) is 44.2 Å². The van der Waals surface area contributed by atoms with Gasteiger partial charge in [0.2, 0.25) is 0 Å². The number of nitrogens with one attached hydrogen (secondary N) is 2. The Hall–Kier alpha value is -3.61. The van der Waals surface area contributed by atoms with Crippen LogP contribution in [0.4, 0.5) is 0 Å². The molecule has 9 nitrogen and oxygen atoms in total. The Balaban J connectivity index is 2.17. The summed E-state index contributed by atoms with van der Waals surface area (Å²) in [5.41, 5.74) is 1.10. The number of amides is 3. The maximum atomic E-state index is 12.8. The molecule has 3 amide bonds. The van der Waals surface area contributed by atoms with Gasteiger partial charge in [-0.1, -0.05) is 11.8 Å². The number of likely N-dealkylation sites (N-methyl/N-ethyl adjacent to an activating group) is 2. The average molecular weight is 427 g/mol. The van der Waals surface area contributed by atoms with Gasteiger partial charge in [-0.15, -0.1) is 0 Å². The number of carbonyl (C=O) groups is 3. The Bertz CT molecular complexity index is 984. The lowest BCUT2D eigenvalue weighted by molar-refractivity contribution is -0.148. The third-order valence-corrected chi connectivity index (χ3v) is 4.77. The molecule has 0 spiro atoms. The number of furan rings is 1. The van der Waals surface area contributed by atoms with E-state index in [9.17, 15) is 14.4 Å². The summed E-state index contributed by atoms with van der Waals surface area (Å²) in [7, 11) is 2.64. The maximum Gasteiger partial charge on any atom is 0.278 e. The lowest BCUT2D eigenvalue weighted by Gasteiger charge is -2.34. The fraction of sp³-hybridized carbons (Fsp3) is 0.318. The number of rotatable bonds is 7. The Labute approximate surface area is 180 Å². The molecule has 0 fully saturated rings. The van der Waals surface area contributed by atoms with E-state index < -0.39 is 23.3 Å². The van der Waals surface area contributed by atoms with E-state index in [-0.39, 0.29) is 5.56 Å². The van der Waals surface area contributed by atoms with Crippen molar-refractivity contribution < 1.29 is 28.7 Å². The predicted octanol–water partition coefficient (Wildman–Crippen LogP) is 1.30. The van der Waals surface area contributed by atoms with Crippen molar-refractivity contribution in [2.75, 3.05) is 20.7 Å². The zero-order valence-corrected chi connectivity index (χ0v) is 17.8. The average Bonchev–Trinajstić information content (AvgIpc) is 3.26. The summed E-state index contributed by atoms with van der Waals surface area (Å²) in [6, 6.07) is 8.18. The van der Waals surface area contributed by atoms with Gasteiger partial charge in [-0.2, -0.15) is 0 Å². The van der Waals surface area contributed by atoms with Crippen LogP contribution < -0.4 is 10.8 Å². The molecule has 31 heavy (non-hydrogen) atoms. The Kier molecular flexibility index (Phi) is 7.96. The van der Waals surface area contributed by atoms with Crippen molar-refractivity contribution >= 4 is 17.7 Å². The predicted molar refractivity (Wildman–Crippen MR) is 111 cm³/mol. The summed E-state index contributed by atoms with van der Waals surface area (Å²) in [6.45, 7) is 4.11.